The van der Waals surface area contributed by atoms with Gasteiger partial charge in [-0.15, -0.1) is 0 Å². The SMILES string of the molecule is CC1(Cc2ccc(Cl)cc2)OC(=O)c2ccccc2O1. The van der Waals surface area contributed by atoms with Crippen molar-refractivity contribution in [2.75, 3.05) is 0 Å². The van der Waals surface area contributed by atoms with Crippen LogP contribution in [-0.2, 0) is 11.2 Å². The Bertz CT molecular complexity index is 651. The van der Waals surface area contributed by atoms with Crippen LogP contribution in [0, 0.1) is 0 Å². The smallest absolute Gasteiger partial charge is 0.345 e. The van der Waals surface area contributed by atoms with Gasteiger partial charge in [-0.3, -0.25) is 0 Å². The number of ether oxygens (including phenoxy) is 2. The van der Waals surface area contributed by atoms with E-state index < -0.39 is 5.79 Å². The maximum Gasteiger partial charge on any atom is 0.345 e. The fraction of sp³-hybridized carbons (Fsp3) is 0.188. The number of esters is 1. The Balaban J connectivity index is 1.87. The van der Waals surface area contributed by atoms with Gasteiger partial charge in [0.15, 0.2) is 0 Å². The molecule has 1 aliphatic rings. The summed E-state index contributed by atoms with van der Waals surface area (Å²) in [5.74, 6) is -0.803. The van der Waals surface area contributed by atoms with Crippen molar-refractivity contribution in [2.24, 2.45) is 0 Å². The van der Waals surface area contributed by atoms with Crippen molar-refractivity contribution >= 4 is 17.6 Å². The number of cyclic esters (lactones) is 1. The summed E-state index contributed by atoms with van der Waals surface area (Å²) in [5.41, 5.74) is 1.45. The van der Waals surface area contributed by atoms with E-state index in [1.165, 1.54) is 0 Å². The minimum atomic E-state index is -1.00. The predicted octanol–water partition coefficient (Wildman–Crippen LogP) is 3.85. The van der Waals surface area contributed by atoms with Crippen LogP contribution in [0.25, 0.3) is 0 Å². The van der Waals surface area contributed by atoms with E-state index >= 15 is 0 Å². The molecule has 102 valence electrons. The van der Waals surface area contributed by atoms with Crippen molar-refractivity contribution < 1.29 is 14.3 Å². The number of carbonyl (C=O) groups excluding carboxylic acids is 1. The van der Waals surface area contributed by atoms with Gasteiger partial charge in [0.25, 0.3) is 5.79 Å². The number of carbonyl (C=O) groups is 1. The van der Waals surface area contributed by atoms with Crippen molar-refractivity contribution in [3.8, 4) is 5.75 Å². The number of benzene rings is 2. The molecule has 2 aromatic rings. The first kappa shape index (κ1) is 13.0. The highest BCUT2D eigenvalue weighted by molar-refractivity contribution is 6.30. The predicted molar refractivity (Wildman–Crippen MR) is 76.0 cm³/mol. The zero-order valence-electron chi connectivity index (χ0n) is 10.9. The zero-order valence-corrected chi connectivity index (χ0v) is 11.7. The van der Waals surface area contributed by atoms with Gasteiger partial charge in [-0.25, -0.2) is 4.79 Å². The summed E-state index contributed by atoms with van der Waals surface area (Å²) in [6, 6.07) is 14.5. The second kappa shape index (κ2) is 4.84. The van der Waals surface area contributed by atoms with Crippen LogP contribution in [0.3, 0.4) is 0 Å². The summed E-state index contributed by atoms with van der Waals surface area (Å²) in [4.78, 5) is 12.0. The van der Waals surface area contributed by atoms with Crippen molar-refractivity contribution in [1.29, 1.82) is 0 Å². The van der Waals surface area contributed by atoms with E-state index in [0.717, 1.165) is 5.56 Å². The van der Waals surface area contributed by atoms with Crippen LogP contribution >= 0.6 is 11.6 Å². The maximum absolute atomic E-state index is 12.0. The molecule has 20 heavy (non-hydrogen) atoms. The Morgan fingerprint density at radius 1 is 1.05 bits per heavy atom. The highest BCUT2D eigenvalue weighted by Crippen LogP contribution is 2.33. The van der Waals surface area contributed by atoms with Gasteiger partial charge in [-0.1, -0.05) is 35.9 Å². The summed E-state index contributed by atoms with van der Waals surface area (Å²) in [5, 5.41) is 0.672. The Morgan fingerprint density at radius 3 is 2.50 bits per heavy atom. The fourth-order valence-electron chi connectivity index (χ4n) is 2.27. The van der Waals surface area contributed by atoms with E-state index in [4.69, 9.17) is 21.1 Å². The quantitative estimate of drug-likeness (QED) is 0.788. The molecule has 3 nitrogen and oxygen atoms in total. The number of halogens is 1. The third-order valence-corrected chi connectivity index (χ3v) is 3.43. The molecule has 0 N–H and O–H groups in total. The molecule has 1 atom stereocenters. The van der Waals surface area contributed by atoms with Crippen LogP contribution in [0.1, 0.15) is 22.8 Å². The average molecular weight is 289 g/mol. The average Bonchev–Trinajstić information content (AvgIpc) is 2.41. The number of hydrogen-bond acceptors (Lipinski definition) is 3. The third-order valence-electron chi connectivity index (χ3n) is 3.18. The standard InChI is InChI=1S/C16H13ClO3/c1-16(10-11-6-8-12(17)9-7-11)19-14-5-3-2-4-13(14)15(18)20-16/h2-9H,10H2,1H3. The second-order valence-corrected chi connectivity index (χ2v) is 5.36. The minimum Gasteiger partial charge on any atom is -0.451 e. The van der Waals surface area contributed by atoms with Gasteiger partial charge in [0.05, 0.1) is 0 Å². The van der Waals surface area contributed by atoms with Crippen LogP contribution in [0.15, 0.2) is 48.5 Å². The van der Waals surface area contributed by atoms with Crippen molar-refractivity contribution in [1.82, 2.24) is 0 Å². The number of hydrogen-bond donors (Lipinski definition) is 0. The van der Waals surface area contributed by atoms with E-state index in [2.05, 4.69) is 0 Å². The molecule has 0 aromatic heterocycles. The highest BCUT2D eigenvalue weighted by Gasteiger charge is 2.38. The van der Waals surface area contributed by atoms with Gasteiger partial charge >= 0.3 is 5.97 Å². The first-order valence-corrected chi connectivity index (χ1v) is 6.69. The van der Waals surface area contributed by atoms with Gasteiger partial charge in [0.1, 0.15) is 11.3 Å². The van der Waals surface area contributed by atoms with Gasteiger partial charge in [0, 0.05) is 18.4 Å². The van der Waals surface area contributed by atoms with Crippen LogP contribution in [-0.4, -0.2) is 11.8 Å². The van der Waals surface area contributed by atoms with Crippen molar-refractivity contribution in [3.05, 3.63) is 64.7 Å². The molecule has 0 radical (unpaired) electrons. The Kier molecular flexibility index (Phi) is 3.14. The summed E-state index contributed by atoms with van der Waals surface area (Å²) in [7, 11) is 0. The first-order valence-electron chi connectivity index (χ1n) is 6.32. The van der Waals surface area contributed by atoms with Crippen LogP contribution in [0.5, 0.6) is 5.75 Å². The minimum absolute atomic E-state index is 0.358. The molecule has 0 amide bonds. The van der Waals surface area contributed by atoms with Crippen molar-refractivity contribution in [3.63, 3.8) is 0 Å². The van der Waals surface area contributed by atoms with Gasteiger partial charge < -0.3 is 9.47 Å². The Hall–Kier alpha value is -2.00. The molecular weight excluding hydrogens is 276 g/mol. The fourth-order valence-corrected chi connectivity index (χ4v) is 2.40. The molecule has 4 heteroatoms. The van der Waals surface area contributed by atoms with E-state index in [9.17, 15) is 4.79 Å². The number of para-hydroxylation sites is 1. The zero-order chi connectivity index (χ0) is 14.2. The third kappa shape index (κ3) is 2.49. The lowest BCUT2D eigenvalue weighted by Crippen LogP contribution is -2.43. The second-order valence-electron chi connectivity index (χ2n) is 4.92. The van der Waals surface area contributed by atoms with Gasteiger partial charge in [0.2, 0.25) is 0 Å². The first-order chi connectivity index (χ1) is 9.56. The molecule has 1 unspecified atom stereocenters. The lowest BCUT2D eigenvalue weighted by Gasteiger charge is -2.34. The Labute approximate surface area is 122 Å². The molecule has 0 saturated heterocycles. The number of fused-ring (bicyclic) bond motifs is 1. The molecular formula is C16H13ClO3. The van der Waals surface area contributed by atoms with E-state index in [0.29, 0.717) is 22.8 Å². The van der Waals surface area contributed by atoms with Crippen LogP contribution in [0.4, 0.5) is 0 Å². The van der Waals surface area contributed by atoms with Gasteiger partial charge in [-0.05, 0) is 29.8 Å². The van der Waals surface area contributed by atoms with E-state index in [1.54, 1.807) is 37.3 Å². The van der Waals surface area contributed by atoms with Crippen LogP contribution in [0.2, 0.25) is 5.02 Å². The highest BCUT2D eigenvalue weighted by atomic mass is 35.5. The normalized spacial score (nSPS) is 20.8. The molecule has 1 aliphatic heterocycles. The number of rotatable bonds is 2. The summed E-state index contributed by atoms with van der Waals surface area (Å²) in [6.07, 6.45) is 0.463. The van der Waals surface area contributed by atoms with E-state index in [1.807, 2.05) is 18.2 Å². The lowest BCUT2D eigenvalue weighted by atomic mass is 10.0. The summed E-state index contributed by atoms with van der Waals surface area (Å²) in [6.45, 7) is 1.76. The molecule has 1 heterocycles. The molecule has 2 aromatic carbocycles. The lowest BCUT2D eigenvalue weighted by molar-refractivity contribution is -0.140. The summed E-state index contributed by atoms with van der Waals surface area (Å²) < 4.78 is 11.3. The molecule has 3 rings (SSSR count). The Morgan fingerprint density at radius 2 is 1.75 bits per heavy atom. The van der Waals surface area contributed by atoms with Crippen molar-refractivity contribution in [2.45, 2.75) is 19.1 Å². The topological polar surface area (TPSA) is 35.5 Å². The largest absolute Gasteiger partial charge is 0.451 e. The van der Waals surface area contributed by atoms with E-state index in [-0.39, 0.29) is 5.97 Å². The molecule has 0 spiro atoms. The molecule has 0 saturated carbocycles. The molecule has 0 aliphatic carbocycles. The molecule has 0 fully saturated rings. The summed E-state index contributed by atoms with van der Waals surface area (Å²) >= 11 is 5.86. The monoisotopic (exact) mass is 288 g/mol. The van der Waals surface area contributed by atoms with Gasteiger partial charge in [-0.2, -0.15) is 0 Å². The van der Waals surface area contributed by atoms with Crippen LogP contribution < -0.4 is 4.74 Å². The maximum atomic E-state index is 12.0. The molecule has 0 bridgehead atoms.